The standard InChI is InChI=1S/C24H31ClN4O3/c1-5-29(6-2)23(31)19-13-12-18(14-20(19)25)27-22(30)21(16(3)4)28-24(32)26-15-17-10-8-7-9-11-17/h7-14,16,21H,5-6,15H2,1-4H3,(H,27,30)(H2,26,28,32). The van der Waals surface area contributed by atoms with E-state index < -0.39 is 12.1 Å². The van der Waals surface area contributed by atoms with Gasteiger partial charge in [0, 0.05) is 25.3 Å². The molecule has 0 radical (unpaired) electrons. The molecule has 1 atom stereocenters. The molecule has 0 saturated carbocycles. The number of nitrogens with zero attached hydrogens (tertiary/aromatic N) is 1. The van der Waals surface area contributed by atoms with Gasteiger partial charge in [0.05, 0.1) is 10.6 Å². The molecule has 0 heterocycles. The fraction of sp³-hybridized carbons (Fsp3) is 0.375. The molecule has 7 nitrogen and oxygen atoms in total. The average Bonchev–Trinajstić information content (AvgIpc) is 2.77. The number of nitrogens with one attached hydrogen (secondary N) is 3. The Morgan fingerprint density at radius 3 is 2.22 bits per heavy atom. The summed E-state index contributed by atoms with van der Waals surface area (Å²) < 4.78 is 0. The minimum absolute atomic E-state index is 0.142. The van der Waals surface area contributed by atoms with E-state index in [1.165, 1.54) is 0 Å². The van der Waals surface area contributed by atoms with Crippen LogP contribution in [0.1, 0.15) is 43.6 Å². The van der Waals surface area contributed by atoms with Gasteiger partial charge in [-0.05, 0) is 43.5 Å². The largest absolute Gasteiger partial charge is 0.339 e. The van der Waals surface area contributed by atoms with Crippen molar-refractivity contribution in [1.29, 1.82) is 0 Å². The van der Waals surface area contributed by atoms with Gasteiger partial charge < -0.3 is 20.9 Å². The fourth-order valence-corrected chi connectivity index (χ4v) is 3.43. The van der Waals surface area contributed by atoms with Crippen LogP contribution in [0.2, 0.25) is 5.02 Å². The van der Waals surface area contributed by atoms with Gasteiger partial charge in [0.2, 0.25) is 5.91 Å². The number of halogens is 1. The van der Waals surface area contributed by atoms with Crippen LogP contribution in [0.25, 0.3) is 0 Å². The van der Waals surface area contributed by atoms with Crippen molar-refractivity contribution in [2.24, 2.45) is 5.92 Å². The summed E-state index contributed by atoms with van der Waals surface area (Å²) in [6, 6.07) is 13.1. The van der Waals surface area contributed by atoms with E-state index in [0.29, 0.717) is 30.9 Å². The fourth-order valence-electron chi connectivity index (χ4n) is 3.17. The summed E-state index contributed by atoms with van der Waals surface area (Å²) in [6.45, 7) is 9.02. The SMILES string of the molecule is CCN(CC)C(=O)c1ccc(NC(=O)C(NC(=O)NCc2ccccc2)C(C)C)cc1Cl. The van der Waals surface area contributed by atoms with Crippen LogP contribution < -0.4 is 16.0 Å². The highest BCUT2D eigenvalue weighted by atomic mass is 35.5. The van der Waals surface area contributed by atoms with E-state index in [-0.39, 0.29) is 22.8 Å². The number of hydrogen-bond acceptors (Lipinski definition) is 3. The molecule has 0 aliphatic carbocycles. The highest BCUT2D eigenvalue weighted by Gasteiger charge is 2.25. The van der Waals surface area contributed by atoms with E-state index in [9.17, 15) is 14.4 Å². The van der Waals surface area contributed by atoms with Gasteiger partial charge in [-0.25, -0.2) is 4.79 Å². The van der Waals surface area contributed by atoms with Gasteiger partial charge in [-0.2, -0.15) is 0 Å². The summed E-state index contributed by atoms with van der Waals surface area (Å²) in [5.41, 5.74) is 1.79. The summed E-state index contributed by atoms with van der Waals surface area (Å²) in [5.74, 6) is -0.667. The van der Waals surface area contributed by atoms with Crippen molar-refractivity contribution in [3.05, 3.63) is 64.7 Å². The lowest BCUT2D eigenvalue weighted by atomic mass is 10.0. The highest BCUT2D eigenvalue weighted by molar-refractivity contribution is 6.34. The first-order chi connectivity index (χ1) is 15.3. The van der Waals surface area contributed by atoms with E-state index in [2.05, 4.69) is 16.0 Å². The first kappa shape index (κ1) is 25.2. The van der Waals surface area contributed by atoms with Crippen LogP contribution in [0.5, 0.6) is 0 Å². The van der Waals surface area contributed by atoms with Crippen molar-refractivity contribution in [2.75, 3.05) is 18.4 Å². The highest BCUT2D eigenvalue weighted by Crippen LogP contribution is 2.23. The summed E-state index contributed by atoms with van der Waals surface area (Å²) in [6.07, 6.45) is 0. The van der Waals surface area contributed by atoms with Gasteiger partial charge in [0.15, 0.2) is 0 Å². The molecule has 0 aliphatic rings. The molecule has 0 saturated heterocycles. The van der Waals surface area contributed by atoms with Crippen molar-refractivity contribution in [1.82, 2.24) is 15.5 Å². The molecule has 172 valence electrons. The number of urea groups is 1. The number of benzene rings is 2. The normalized spacial score (nSPS) is 11.6. The Hall–Kier alpha value is -3.06. The van der Waals surface area contributed by atoms with Crippen LogP contribution in [0.3, 0.4) is 0 Å². The van der Waals surface area contributed by atoms with Gasteiger partial charge in [0.25, 0.3) is 5.91 Å². The number of amides is 4. The molecule has 2 aromatic carbocycles. The van der Waals surface area contributed by atoms with Crippen molar-refractivity contribution in [2.45, 2.75) is 40.3 Å². The third-order valence-corrected chi connectivity index (χ3v) is 5.36. The zero-order valence-corrected chi connectivity index (χ0v) is 19.7. The smallest absolute Gasteiger partial charge is 0.315 e. The Bertz CT molecular complexity index is 930. The van der Waals surface area contributed by atoms with Gasteiger partial charge >= 0.3 is 6.03 Å². The first-order valence-corrected chi connectivity index (χ1v) is 11.1. The Morgan fingerprint density at radius 1 is 1.00 bits per heavy atom. The lowest BCUT2D eigenvalue weighted by Gasteiger charge is -2.22. The maximum atomic E-state index is 12.8. The van der Waals surface area contributed by atoms with Gasteiger partial charge in [-0.1, -0.05) is 55.8 Å². The number of carbonyl (C=O) groups is 3. The number of hydrogen-bond donors (Lipinski definition) is 3. The van der Waals surface area contributed by atoms with Crippen molar-refractivity contribution in [3.63, 3.8) is 0 Å². The van der Waals surface area contributed by atoms with Crippen LogP contribution in [0, 0.1) is 5.92 Å². The monoisotopic (exact) mass is 458 g/mol. The molecule has 0 aliphatic heterocycles. The Balaban J connectivity index is 2.02. The summed E-state index contributed by atoms with van der Waals surface area (Å²) in [7, 11) is 0. The first-order valence-electron chi connectivity index (χ1n) is 10.7. The van der Waals surface area contributed by atoms with Gasteiger partial charge in [-0.15, -0.1) is 0 Å². The second-order valence-electron chi connectivity index (χ2n) is 7.70. The maximum Gasteiger partial charge on any atom is 0.315 e. The number of carbonyl (C=O) groups excluding carboxylic acids is 3. The lowest BCUT2D eigenvalue weighted by Crippen LogP contribution is -2.50. The zero-order valence-electron chi connectivity index (χ0n) is 18.9. The van der Waals surface area contributed by atoms with Crippen LogP contribution in [-0.2, 0) is 11.3 Å². The quantitative estimate of drug-likeness (QED) is 0.523. The molecule has 3 N–H and O–H groups in total. The lowest BCUT2D eigenvalue weighted by molar-refractivity contribution is -0.118. The predicted octanol–water partition coefficient (Wildman–Crippen LogP) is 4.28. The number of rotatable bonds is 9. The topological polar surface area (TPSA) is 90.5 Å². The van der Waals surface area contributed by atoms with Crippen LogP contribution >= 0.6 is 11.6 Å². The second kappa shape index (κ2) is 12.1. The summed E-state index contributed by atoms with van der Waals surface area (Å²) >= 11 is 6.31. The minimum atomic E-state index is -0.749. The van der Waals surface area contributed by atoms with Crippen molar-refractivity contribution in [3.8, 4) is 0 Å². The molecule has 8 heteroatoms. The molecule has 0 aromatic heterocycles. The van der Waals surface area contributed by atoms with E-state index in [1.54, 1.807) is 23.1 Å². The molecule has 0 fully saturated rings. The molecule has 0 spiro atoms. The van der Waals surface area contributed by atoms with Crippen LogP contribution in [0.15, 0.2) is 48.5 Å². The molecular weight excluding hydrogens is 428 g/mol. The third kappa shape index (κ3) is 6.99. The Labute approximate surface area is 194 Å². The average molecular weight is 459 g/mol. The van der Waals surface area contributed by atoms with Crippen LogP contribution in [0.4, 0.5) is 10.5 Å². The molecule has 1 unspecified atom stereocenters. The molecule has 4 amide bonds. The maximum absolute atomic E-state index is 12.8. The Kier molecular flexibility index (Phi) is 9.53. The Morgan fingerprint density at radius 2 is 1.66 bits per heavy atom. The third-order valence-electron chi connectivity index (χ3n) is 5.05. The van der Waals surface area contributed by atoms with E-state index in [0.717, 1.165) is 5.56 Å². The molecule has 2 rings (SSSR count). The molecular formula is C24H31ClN4O3. The summed E-state index contributed by atoms with van der Waals surface area (Å²) in [5, 5.41) is 8.52. The van der Waals surface area contributed by atoms with Crippen molar-refractivity contribution >= 4 is 35.1 Å². The van der Waals surface area contributed by atoms with E-state index in [4.69, 9.17) is 11.6 Å². The second-order valence-corrected chi connectivity index (χ2v) is 8.10. The molecule has 32 heavy (non-hydrogen) atoms. The predicted molar refractivity (Wildman–Crippen MR) is 128 cm³/mol. The molecule has 2 aromatic rings. The van der Waals surface area contributed by atoms with Crippen molar-refractivity contribution < 1.29 is 14.4 Å². The minimum Gasteiger partial charge on any atom is -0.339 e. The van der Waals surface area contributed by atoms with E-state index >= 15 is 0 Å². The van der Waals surface area contributed by atoms with E-state index in [1.807, 2.05) is 58.0 Å². The van der Waals surface area contributed by atoms with Gasteiger partial charge in [-0.3, -0.25) is 9.59 Å². The molecule has 0 bridgehead atoms. The number of anilines is 1. The summed E-state index contributed by atoms with van der Waals surface area (Å²) in [4.78, 5) is 39.4. The van der Waals surface area contributed by atoms with Gasteiger partial charge in [0.1, 0.15) is 6.04 Å². The zero-order chi connectivity index (χ0) is 23.7. The van der Waals surface area contributed by atoms with Crippen LogP contribution in [-0.4, -0.2) is 41.9 Å².